The van der Waals surface area contributed by atoms with Gasteiger partial charge in [0.05, 0.1) is 40.7 Å². The molecular formula is C19H22N8O. The van der Waals surface area contributed by atoms with E-state index < -0.39 is 0 Å². The molecule has 4 rings (SSSR count). The van der Waals surface area contributed by atoms with Crippen LogP contribution in [0.15, 0.2) is 29.2 Å². The number of likely N-dealkylation sites (N-methyl/N-ethyl adjacent to an activating group) is 1. The van der Waals surface area contributed by atoms with Crippen molar-refractivity contribution in [3.05, 3.63) is 51.7 Å². The first-order chi connectivity index (χ1) is 13.5. The highest BCUT2D eigenvalue weighted by Crippen LogP contribution is 2.16. The lowest BCUT2D eigenvalue weighted by molar-refractivity contribution is 0.646. The first kappa shape index (κ1) is 18.1. The summed E-state index contributed by atoms with van der Waals surface area (Å²) >= 11 is 0. The number of rotatable bonds is 5. The van der Waals surface area contributed by atoms with Crippen LogP contribution in [0.5, 0.6) is 0 Å². The maximum Gasteiger partial charge on any atom is 0.295 e. The highest BCUT2D eigenvalue weighted by Gasteiger charge is 2.13. The fraction of sp³-hybridized carbons (Fsp3) is 0.316. The molecule has 0 radical (unpaired) electrons. The van der Waals surface area contributed by atoms with Crippen molar-refractivity contribution in [3.8, 4) is 0 Å². The molecule has 3 aromatic heterocycles. The predicted octanol–water partition coefficient (Wildman–Crippen LogP) is 1.12. The highest BCUT2D eigenvalue weighted by atomic mass is 16.1. The van der Waals surface area contributed by atoms with E-state index in [2.05, 4.69) is 25.0 Å². The van der Waals surface area contributed by atoms with Crippen LogP contribution in [0.1, 0.15) is 17.0 Å². The Morgan fingerprint density at radius 3 is 2.64 bits per heavy atom. The number of nitrogens with one attached hydrogen (secondary N) is 1. The molecule has 0 unspecified atom stereocenters. The zero-order valence-electron chi connectivity index (χ0n) is 16.1. The van der Waals surface area contributed by atoms with Gasteiger partial charge in [0, 0.05) is 20.1 Å². The summed E-state index contributed by atoms with van der Waals surface area (Å²) in [6.07, 6.45) is 1.62. The molecule has 4 aromatic rings. The fourth-order valence-electron chi connectivity index (χ4n) is 3.07. The molecule has 28 heavy (non-hydrogen) atoms. The SMILES string of the molecule is Cc1nc2ccc(Cn3ncc4[nH]c(N(C)CCN)nc4c3=O)cc2nc1C. The van der Waals surface area contributed by atoms with E-state index in [1.54, 1.807) is 6.20 Å². The van der Waals surface area contributed by atoms with E-state index in [-0.39, 0.29) is 5.56 Å². The van der Waals surface area contributed by atoms with Crippen molar-refractivity contribution < 1.29 is 0 Å². The molecule has 0 saturated heterocycles. The van der Waals surface area contributed by atoms with E-state index in [9.17, 15) is 4.79 Å². The molecule has 0 bridgehead atoms. The van der Waals surface area contributed by atoms with Crippen LogP contribution in [0.3, 0.4) is 0 Å². The summed E-state index contributed by atoms with van der Waals surface area (Å²) in [6, 6.07) is 5.80. The van der Waals surface area contributed by atoms with Crippen molar-refractivity contribution in [2.45, 2.75) is 20.4 Å². The van der Waals surface area contributed by atoms with Crippen LogP contribution in [-0.4, -0.2) is 49.9 Å². The van der Waals surface area contributed by atoms with Crippen molar-refractivity contribution in [2.24, 2.45) is 5.73 Å². The lowest BCUT2D eigenvalue weighted by atomic mass is 10.2. The minimum absolute atomic E-state index is 0.243. The largest absolute Gasteiger partial charge is 0.344 e. The summed E-state index contributed by atoms with van der Waals surface area (Å²) in [5.74, 6) is 0.601. The monoisotopic (exact) mass is 378 g/mol. The van der Waals surface area contributed by atoms with Crippen molar-refractivity contribution in [3.63, 3.8) is 0 Å². The minimum atomic E-state index is -0.243. The average Bonchev–Trinajstić information content (AvgIpc) is 3.11. The third kappa shape index (κ3) is 3.20. The van der Waals surface area contributed by atoms with Crippen LogP contribution < -0.4 is 16.2 Å². The quantitative estimate of drug-likeness (QED) is 0.534. The Morgan fingerprint density at radius 2 is 1.89 bits per heavy atom. The molecular weight excluding hydrogens is 356 g/mol. The van der Waals surface area contributed by atoms with E-state index in [4.69, 9.17) is 5.73 Å². The van der Waals surface area contributed by atoms with Crippen LogP contribution in [0, 0.1) is 13.8 Å². The number of hydrogen-bond acceptors (Lipinski definition) is 7. The molecule has 1 aromatic carbocycles. The number of imidazole rings is 1. The number of H-pyrrole nitrogens is 1. The zero-order chi connectivity index (χ0) is 19.8. The number of aromatic amines is 1. The van der Waals surface area contributed by atoms with Crippen LogP contribution >= 0.6 is 0 Å². The molecule has 0 aliphatic carbocycles. The summed E-state index contributed by atoms with van der Waals surface area (Å²) in [5, 5.41) is 4.29. The standard InChI is InChI=1S/C19H22N8O/c1-11-12(2)23-15-8-13(4-5-14(15)22-11)10-27-18(28)17-16(9-21-27)24-19(25-17)26(3)7-6-20/h4-5,8-9H,6-7,10,20H2,1-3H3,(H,24,25). The molecule has 0 aliphatic heterocycles. The number of nitrogens with zero attached hydrogens (tertiary/aromatic N) is 6. The van der Waals surface area contributed by atoms with Crippen molar-refractivity contribution in [1.29, 1.82) is 0 Å². The Morgan fingerprint density at radius 1 is 1.14 bits per heavy atom. The lowest BCUT2D eigenvalue weighted by Crippen LogP contribution is -2.26. The van der Waals surface area contributed by atoms with Crippen LogP contribution in [-0.2, 0) is 6.54 Å². The van der Waals surface area contributed by atoms with Gasteiger partial charge in [-0.1, -0.05) is 6.07 Å². The second-order valence-corrected chi connectivity index (χ2v) is 6.86. The van der Waals surface area contributed by atoms with Gasteiger partial charge in [-0.05, 0) is 31.5 Å². The van der Waals surface area contributed by atoms with Crippen LogP contribution in [0.4, 0.5) is 5.95 Å². The van der Waals surface area contributed by atoms with Gasteiger partial charge >= 0.3 is 0 Å². The third-order valence-corrected chi connectivity index (χ3v) is 4.78. The van der Waals surface area contributed by atoms with Gasteiger partial charge in [0.2, 0.25) is 5.95 Å². The number of aryl methyl sites for hydroxylation is 2. The normalized spacial score (nSPS) is 11.4. The Bertz CT molecular complexity index is 1230. The molecule has 0 aliphatic rings. The summed E-state index contributed by atoms with van der Waals surface area (Å²) in [6.45, 7) is 5.35. The molecule has 3 N–H and O–H groups in total. The maximum atomic E-state index is 12.8. The first-order valence-electron chi connectivity index (χ1n) is 9.07. The Kier molecular flexibility index (Phi) is 4.52. The smallest absolute Gasteiger partial charge is 0.295 e. The first-order valence-corrected chi connectivity index (χ1v) is 9.07. The van der Waals surface area contributed by atoms with E-state index in [0.29, 0.717) is 36.6 Å². The lowest BCUT2D eigenvalue weighted by Gasteiger charge is -2.13. The molecule has 0 amide bonds. The number of anilines is 1. The summed E-state index contributed by atoms with van der Waals surface area (Å²) < 4.78 is 1.41. The molecule has 9 nitrogen and oxygen atoms in total. The maximum absolute atomic E-state index is 12.8. The van der Waals surface area contributed by atoms with Crippen molar-refractivity contribution >= 4 is 28.0 Å². The highest BCUT2D eigenvalue weighted by molar-refractivity contribution is 5.76. The van der Waals surface area contributed by atoms with Crippen molar-refractivity contribution in [1.82, 2.24) is 29.7 Å². The van der Waals surface area contributed by atoms with Gasteiger partial charge in [-0.15, -0.1) is 0 Å². The van der Waals surface area contributed by atoms with Gasteiger partial charge in [0.15, 0.2) is 5.52 Å². The van der Waals surface area contributed by atoms with Gasteiger partial charge in [-0.2, -0.15) is 5.10 Å². The topological polar surface area (TPSA) is 119 Å². The number of benzene rings is 1. The van der Waals surface area contributed by atoms with E-state index in [0.717, 1.165) is 28.0 Å². The Balaban J connectivity index is 1.69. The van der Waals surface area contributed by atoms with Crippen LogP contribution in [0.2, 0.25) is 0 Å². The fourth-order valence-corrected chi connectivity index (χ4v) is 3.07. The van der Waals surface area contributed by atoms with Gasteiger partial charge in [0.25, 0.3) is 5.56 Å². The second-order valence-electron chi connectivity index (χ2n) is 6.86. The molecule has 9 heteroatoms. The number of hydrogen-bond donors (Lipinski definition) is 2. The molecule has 0 fully saturated rings. The average molecular weight is 378 g/mol. The summed E-state index contributed by atoms with van der Waals surface area (Å²) in [7, 11) is 1.87. The van der Waals surface area contributed by atoms with Crippen molar-refractivity contribution in [2.75, 3.05) is 25.0 Å². The molecule has 144 valence electrons. The van der Waals surface area contributed by atoms with Gasteiger partial charge in [-0.25, -0.2) is 19.6 Å². The number of aromatic nitrogens is 6. The van der Waals surface area contributed by atoms with Gasteiger partial charge < -0.3 is 15.6 Å². The van der Waals surface area contributed by atoms with E-state index >= 15 is 0 Å². The number of fused-ring (bicyclic) bond motifs is 2. The molecule has 0 spiro atoms. The summed E-state index contributed by atoms with van der Waals surface area (Å²) in [4.78, 5) is 31.4. The van der Waals surface area contributed by atoms with Gasteiger partial charge in [-0.3, -0.25) is 4.79 Å². The van der Waals surface area contributed by atoms with Crippen LogP contribution in [0.25, 0.3) is 22.1 Å². The number of nitrogens with two attached hydrogens (primary N) is 1. The minimum Gasteiger partial charge on any atom is -0.344 e. The van der Waals surface area contributed by atoms with E-state index in [1.807, 2.05) is 44.0 Å². The Hall–Kier alpha value is -3.33. The molecule has 0 saturated carbocycles. The zero-order valence-corrected chi connectivity index (χ0v) is 16.1. The third-order valence-electron chi connectivity index (χ3n) is 4.78. The molecule has 0 atom stereocenters. The molecule has 3 heterocycles. The Labute approximate surface area is 161 Å². The predicted molar refractivity (Wildman–Crippen MR) is 109 cm³/mol. The van der Waals surface area contributed by atoms with E-state index in [1.165, 1.54) is 4.68 Å². The van der Waals surface area contributed by atoms with Gasteiger partial charge in [0.1, 0.15) is 0 Å². The summed E-state index contributed by atoms with van der Waals surface area (Å²) in [5.41, 5.74) is 10.7. The second kappa shape index (κ2) is 7.01.